The predicted molar refractivity (Wildman–Crippen MR) is 58.3 cm³/mol. The van der Waals surface area contributed by atoms with Crippen molar-refractivity contribution >= 4 is 27.7 Å². The lowest BCUT2D eigenvalue weighted by molar-refractivity contribution is -0.137. The summed E-state index contributed by atoms with van der Waals surface area (Å²) >= 11 is 3.00. The molecule has 0 fully saturated rings. The largest absolute Gasteiger partial charge is 0.465 e. The molecule has 0 aliphatic heterocycles. The Labute approximate surface area is 91.9 Å². The molecule has 78 valence electrons. The Morgan fingerprint density at radius 1 is 1.29 bits per heavy atom. The molecular weight excluding hydrogens is 248 g/mol. The summed E-state index contributed by atoms with van der Waals surface area (Å²) < 4.78 is 4.49. The van der Waals surface area contributed by atoms with Gasteiger partial charge in [0.2, 0.25) is 0 Å². The number of carbonyl (C=O) groups is 2. The zero-order valence-electron chi connectivity index (χ0n) is 8.46. The quantitative estimate of drug-likeness (QED) is 0.194. The number of hydrogen-bond acceptors (Lipinski definition) is 3. The van der Waals surface area contributed by atoms with Crippen molar-refractivity contribution in [3.05, 3.63) is 23.3 Å². The number of esters is 1. The molecular formula is C10H13BrO3. The van der Waals surface area contributed by atoms with Crippen molar-refractivity contribution in [1.82, 2.24) is 0 Å². The molecule has 0 aliphatic rings. The number of allylic oxidation sites excluding steroid dienone is 3. The van der Waals surface area contributed by atoms with Gasteiger partial charge >= 0.3 is 5.97 Å². The molecule has 14 heavy (non-hydrogen) atoms. The Bertz CT molecular complexity index is 268. The number of ether oxygens (including phenoxy) is 1. The third kappa shape index (κ3) is 4.37. The third-order valence-corrected chi connectivity index (χ3v) is 1.92. The number of halogens is 1. The number of methoxy groups -OCH3 is 1. The zero-order chi connectivity index (χ0) is 11.1. The SMILES string of the molecule is COC(=O)/C(=C/C=C(C)C)C(=O)CBr. The normalized spacial score (nSPS) is 10.7. The molecule has 0 saturated carbocycles. The van der Waals surface area contributed by atoms with Crippen LogP contribution < -0.4 is 0 Å². The lowest BCUT2D eigenvalue weighted by Crippen LogP contribution is -2.15. The van der Waals surface area contributed by atoms with Gasteiger partial charge in [-0.1, -0.05) is 27.6 Å². The number of Topliss-reactive ketones (excluding diaryl/α,β-unsaturated/α-hetero) is 1. The average Bonchev–Trinajstić information content (AvgIpc) is 2.16. The molecule has 0 rings (SSSR count). The van der Waals surface area contributed by atoms with Gasteiger partial charge in [-0.25, -0.2) is 4.79 Å². The van der Waals surface area contributed by atoms with Gasteiger partial charge in [0.05, 0.1) is 12.4 Å². The van der Waals surface area contributed by atoms with Crippen molar-refractivity contribution in [2.24, 2.45) is 0 Å². The van der Waals surface area contributed by atoms with Crippen LogP contribution in [0.3, 0.4) is 0 Å². The van der Waals surface area contributed by atoms with E-state index < -0.39 is 5.97 Å². The maximum atomic E-state index is 11.3. The smallest absolute Gasteiger partial charge is 0.341 e. The van der Waals surface area contributed by atoms with E-state index in [2.05, 4.69) is 20.7 Å². The fraction of sp³-hybridized carbons (Fsp3) is 0.400. The molecule has 0 aromatic rings. The molecule has 0 amide bonds. The number of carbonyl (C=O) groups excluding carboxylic acids is 2. The predicted octanol–water partition coefficient (Wildman–Crippen LogP) is 2.02. The number of alkyl halides is 1. The van der Waals surface area contributed by atoms with E-state index in [9.17, 15) is 9.59 Å². The fourth-order valence-electron chi connectivity index (χ4n) is 0.707. The Balaban J connectivity index is 4.91. The fourth-order valence-corrected chi connectivity index (χ4v) is 1.01. The van der Waals surface area contributed by atoms with E-state index in [1.807, 2.05) is 13.8 Å². The summed E-state index contributed by atoms with van der Waals surface area (Å²) in [6, 6.07) is 0. The summed E-state index contributed by atoms with van der Waals surface area (Å²) in [4.78, 5) is 22.4. The second kappa shape index (κ2) is 6.54. The van der Waals surface area contributed by atoms with Crippen LogP contribution in [0.4, 0.5) is 0 Å². The Morgan fingerprint density at radius 3 is 2.21 bits per heavy atom. The lowest BCUT2D eigenvalue weighted by atomic mass is 10.1. The van der Waals surface area contributed by atoms with Gasteiger partial charge in [0, 0.05) is 0 Å². The monoisotopic (exact) mass is 260 g/mol. The highest BCUT2D eigenvalue weighted by Crippen LogP contribution is 2.04. The molecule has 0 radical (unpaired) electrons. The van der Waals surface area contributed by atoms with Gasteiger partial charge in [0.15, 0.2) is 5.78 Å². The van der Waals surface area contributed by atoms with E-state index in [0.717, 1.165) is 5.57 Å². The highest BCUT2D eigenvalue weighted by atomic mass is 79.9. The maximum Gasteiger partial charge on any atom is 0.341 e. The van der Waals surface area contributed by atoms with E-state index in [1.54, 1.807) is 6.08 Å². The van der Waals surface area contributed by atoms with Crippen LogP contribution in [-0.4, -0.2) is 24.2 Å². The number of ketones is 1. The van der Waals surface area contributed by atoms with Crippen LogP contribution >= 0.6 is 15.9 Å². The topological polar surface area (TPSA) is 43.4 Å². The molecule has 3 nitrogen and oxygen atoms in total. The standard InChI is InChI=1S/C10H13BrO3/c1-7(2)4-5-8(9(12)6-11)10(13)14-3/h4-5H,6H2,1-3H3/b8-5+. The summed E-state index contributed by atoms with van der Waals surface area (Å²) in [5, 5.41) is 0.116. The van der Waals surface area contributed by atoms with Crippen LogP contribution in [0.25, 0.3) is 0 Å². The molecule has 0 aromatic carbocycles. The average molecular weight is 261 g/mol. The third-order valence-electron chi connectivity index (χ3n) is 1.41. The van der Waals surface area contributed by atoms with Gasteiger partial charge in [0.1, 0.15) is 5.57 Å². The van der Waals surface area contributed by atoms with Crippen LogP contribution in [0.1, 0.15) is 13.8 Å². The molecule has 0 aromatic heterocycles. The van der Waals surface area contributed by atoms with Crippen LogP contribution in [0.5, 0.6) is 0 Å². The lowest BCUT2D eigenvalue weighted by Gasteiger charge is -2.00. The second-order valence-corrected chi connectivity index (χ2v) is 3.43. The molecule has 0 N–H and O–H groups in total. The summed E-state index contributed by atoms with van der Waals surface area (Å²) in [6.07, 6.45) is 3.18. The molecule has 0 unspecified atom stereocenters. The second-order valence-electron chi connectivity index (χ2n) is 2.87. The number of rotatable bonds is 4. The first kappa shape index (κ1) is 13.1. The molecule has 4 heteroatoms. The van der Waals surface area contributed by atoms with Crippen LogP contribution in [0.15, 0.2) is 23.3 Å². The first-order valence-corrected chi connectivity index (χ1v) is 5.17. The van der Waals surface area contributed by atoms with Crippen LogP contribution in [0, 0.1) is 0 Å². The van der Waals surface area contributed by atoms with Crippen molar-refractivity contribution in [3.63, 3.8) is 0 Å². The highest BCUT2D eigenvalue weighted by molar-refractivity contribution is 9.09. The van der Waals surface area contributed by atoms with E-state index >= 15 is 0 Å². The molecule has 0 aliphatic carbocycles. The first-order chi connectivity index (χ1) is 6.52. The first-order valence-electron chi connectivity index (χ1n) is 4.05. The van der Waals surface area contributed by atoms with Gasteiger partial charge in [-0.15, -0.1) is 0 Å². The van der Waals surface area contributed by atoms with Crippen molar-refractivity contribution < 1.29 is 14.3 Å². The molecule has 0 heterocycles. The van der Waals surface area contributed by atoms with E-state index in [0.29, 0.717) is 0 Å². The van der Waals surface area contributed by atoms with E-state index in [1.165, 1.54) is 13.2 Å². The Morgan fingerprint density at radius 2 is 1.86 bits per heavy atom. The number of hydrogen-bond donors (Lipinski definition) is 0. The van der Waals surface area contributed by atoms with Gasteiger partial charge in [-0.3, -0.25) is 4.79 Å². The van der Waals surface area contributed by atoms with Gasteiger partial charge < -0.3 is 4.74 Å². The van der Waals surface area contributed by atoms with Gasteiger partial charge in [-0.05, 0) is 19.9 Å². The molecule has 0 spiro atoms. The van der Waals surface area contributed by atoms with Gasteiger partial charge in [0.25, 0.3) is 0 Å². The Hall–Kier alpha value is -0.900. The maximum absolute atomic E-state index is 11.3. The summed E-state index contributed by atoms with van der Waals surface area (Å²) in [5.74, 6) is -0.888. The van der Waals surface area contributed by atoms with Crippen LogP contribution in [-0.2, 0) is 14.3 Å². The van der Waals surface area contributed by atoms with Crippen LogP contribution in [0.2, 0.25) is 0 Å². The minimum atomic E-state index is -0.605. The zero-order valence-corrected chi connectivity index (χ0v) is 10.1. The summed E-state index contributed by atoms with van der Waals surface area (Å²) in [5.41, 5.74) is 1.07. The van der Waals surface area contributed by atoms with Gasteiger partial charge in [-0.2, -0.15) is 0 Å². The van der Waals surface area contributed by atoms with Crippen molar-refractivity contribution in [3.8, 4) is 0 Å². The van der Waals surface area contributed by atoms with Crippen molar-refractivity contribution in [2.45, 2.75) is 13.8 Å². The summed E-state index contributed by atoms with van der Waals surface area (Å²) in [7, 11) is 1.25. The molecule has 0 atom stereocenters. The van der Waals surface area contributed by atoms with Crippen molar-refractivity contribution in [1.29, 1.82) is 0 Å². The highest BCUT2D eigenvalue weighted by Gasteiger charge is 2.16. The van der Waals surface area contributed by atoms with E-state index in [4.69, 9.17) is 0 Å². The van der Waals surface area contributed by atoms with E-state index in [-0.39, 0.29) is 16.7 Å². The van der Waals surface area contributed by atoms with Crippen molar-refractivity contribution in [2.75, 3.05) is 12.4 Å². The minimum absolute atomic E-state index is 0.0607. The molecule has 0 saturated heterocycles. The molecule has 0 bridgehead atoms. The summed E-state index contributed by atoms with van der Waals surface area (Å²) in [6.45, 7) is 3.76. The Kier molecular flexibility index (Phi) is 6.12. The minimum Gasteiger partial charge on any atom is -0.465 e.